The second kappa shape index (κ2) is 6.06. The monoisotopic (exact) mass is 297 g/mol. The molecule has 0 fully saturated rings. The van der Waals surface area contributed by atoms with Crippen molar-refractivity contribution >= 4 is 23.2 Å². The van der Waals surface area contributed by atoms with Crippen LogP contribution in [0.5, 0.6) is 5.75 Å². The second-order valence-electron chi connectivity index (χ2n) is 4.54. The van der Waals surface area contributed by atoms with Crippen LogP contribution in [0.15, 0.2) is 64.5 Å². The van der Waals surface area contributed by atoms with Crippen LogP contribution in [-0.2, 0) is 0 Å². The fourth-order valence-corrected chi connectivity index (χ4v) is 3.07. The largest absolute Gasteiger partial charge is 0.494 e. The highest BCUT2D eigenvalue weighted by Gasteiger charge is 2.24. The number of carbonyl (C=O) groups excluding carboxylic acids is 1. The lowest BCUT2D eigenvalue weighted by Gasteiger charge is -2.05. The summed E-state index contributed by atoms with van der Waals surface area (Å²) in [6, 6.07) is 15.3. The maximum absolute atomic E-state index is 12.2. The number of fused-ring (bicyclic) bond motifs is 1. The van der Waals surface area contributed by atoms with Crippen molar-refractivity contribution in [3.05, 3.63) is 65.2 Å². The molecule has 4 heteroatoms. The summed E-state index contributed by atoms with van der Waals surface area (Å²) in [6.07, 6.45) is 1.77. The third kappa shape index (κ3) is 2.95. The molecule has 21 heavy (non-hydrogen) atoms. The van der Waals surface area contributed by atoms with E-state index in [-0.39, 0.29) is 5.78 Å². The smallest absolute Gasteiger partial charge is 0.202 e. The number of carbonyl (C=O) groups is 1. The van der Waals surface area contributed by atoms with Gasteiger partial charge in [0.2, 0.25) is 5.78 Å². The number of Topliss-reactive ketones (excluding diaryl/α,β-unsaturated/α-hetero) is 1. The zero-order chi connectivity index (χ0) is 14.7. The normalized spacial score (nSPS) is 15.1. The highest BCUT2D eigenvalue weighted by molar-refractivity contribution is 8.04. The van der Waals surface area contributed by atoms with Gasteiger partial charge in [-0.3, -0.25) is 4.79 Å². The van der Waals surface area contributed by atoms with Crippen LogP contribution in [-0.4, -0.2) is 12.4 Å². The van der Waals surface area contributed by atoms with E-state index < -0.39 is 0 Å². The summed E-state index contributed by atoms with van der Waals surface area (Å²) in [6.45, 7) is 2.61. The van der Waals surface area contributed by atoms with E-state index in [1.807, 2.05) is 55.5 Å². The summed E-state index contributed by atoms with van der Waals surface area (Å²) in [5.41, 5.74) is 1.71. The Bertz CT molecular complexity index is 692. The van der Waals surface area contributed by atoms with Crippen molar-refractivity contribution < 1.29 is 9.53 Å². The molecule has 0 saturated carbocycles. The van der Waals surface area contributed by atoms with Gasteiger partial charge in [-0.1, -0.05) is 23.9 Å². The van der Waals surface area contributed by atoms with Gasteiger partial charge in [0, 0.05) is 22.3 Å². The molecule has 0 radical (unpaired) electrons. The van der Waals surface area contributed by atoms with Gasteiger partial charge in [0.05, 0.1) is 11.5 Å². The van der Waals surface area contributed by atoms with Crippen molar-refractivity contribution in [2.24, 2.45) is 0 Å². The topological polar surface area (TPSA) is 38.3 Å². The van der Waals surface area contributed by atoms with Crippen molar-refractivity contribution in [1.82, 2.24) is 0 Å². The summed E-state index contributed by atoms with van der Waals surface area (Å²) in [5.74, 6) is 0.920. The van der Waals surface area contributed by atoms with Crippen LogP contribution >= 0.6 is 11.8 Å². The van der Waals surface area contributed by atoms with Gasteiger partial charge in [0.25, 0.3) is 0 Å². The van der Waals surface area contributed by atoms with Gasteiger partial charge in [0.1, 0.15) is 5.75 Å². The molecule has 0 aliphatic carbocycles. The van der Waals surface area contributed by atoms with Gasteiger partial charge in [0.15, 0.2) is 0 Å². The Labute approximate surface area is 128 Å². The molecule has 2 aromatic carbocycles. The summed E-state index contributed by atoms with van der Waals surface area (Å²) in [5, 5.41) is 3.16. The van der Waals surface area contributed by atoms with Crippen LogP contribution in [0.1, 0.15) is 17.3 Å². The highest BCUT2D eigenvalue weighted by atomic mass is 32.2. The summed E-state index contributed by atoms with van der Waals surface area (Å²) < 4.78 is 5.40. The quantitative estimate of drug-likeness (QED) is 0.853. The fraction of sp³-hybridized carbons (Fsp3) is 0.118. The van der Waals surface area contributed by atoms with Gasteiger partial charge < -0.3 is 10.1 Å². The van der Waals surface area contributed by atoms with Gasteiger partial charge >= 0.3 is 0 Å². The molecule has 1 aliphatic rings. The third-order valence-electron chi connectivity index (χ3n) is 3.11. The number of allylic oxidation sites excluding steroid dienone is 1. The zero-order valence-corrected chi connectivity index (χ0v) is 12.4. The van der Waals surface area contributed by atoms with Gasteiger partial charge in [-0.25, -0.2) is 0 Å². The van der Waals surface area contributed by atoms with E-state index in [1.54, 1.807) is 6.20 Å². The van der Waals surface area contributed by atoms with Crippen molar-refractivity contribution in [3.63, 3.8) is 0 Å². The van der Waals surface area contributed by atoms with Crippen LogP contribution in [0.25, 0.3) is 0 Å². The lowest BCUT2D eigenvalue weighted by atomic mass is 10.1. The molecule has 0 amide bonds. The summed E-state index contributed by atoms with van der Waals surface area (Å²) >= 11 is 1.50. The lowest BCUT2D eigenvalue weighted by Crippen LogP contribution is -1.97. The minimum atomic E-state index is 0.0778. The standard InChI is InChI=1S/C17H15NO2S/c1-2-20-13-9-7-12(8-10-13)18-11-16-17(19)14-5-3-4-6-15(14)21-16/h3-11,18H,2H2,1H3. The molecule has 1 heterocycles. The highest BCUT2D eigenvalue weighted by Crippen LogP contribution is 2.39. The number of ether oxygens (including phenoxy) is 1. The van der Waals surface area contributed by atoms with Crippen LogP contribution in [0.3, 0.4) is 0 Å². The van der Waals surface area contributed by atoms with E-state index in [1.165, 1.54) is 11.8 Å². The third-order valence-corrected chi connectivity index (χ3v) is 4.21. The van der Waals surface area contributed by atoms with Gasteiger partial charge in [-0.05, 0) is 43.3 Å². The second-order valence-corrected chi connectivity index (χ2v) is 5.62. The van der Waals surface area contributed by atoms with Crippen molar-refractivity contribution in [2.45, 2.75) is 11.8 Å². The Morgan fingerprint density at radius 1 is 1.14 bits per heavy atom. The Morgan fingerprint density at radius 2 is 1.90 bits per heavy atom. The summed E-state index contributed by atoms with van der Waals surface area (Å²) in [4.78, 5) is 13.9. The summed E-state index contributed by atoms with van der Waals surface area (Å²) in [7, 11) is 0. The molecule has 0 saturated heterocycles. The molecular formula is C17H15NO2S. The maximum atomic E-state index is 12.2. The van der Waals surface area contributed by atoms with Gasteiger partial charge in [-0.2, -0.15) is 0 Å². The minimum Gasteiger partial charge on any atom is -0.494 e. The van der Waals surface area contributed by atoms with Crippen LogP contribution in [0, 0.1) is 0 Å². The molecule has 1 aliphatic heterocycles. The van der Waals surface area contributed by atoms with E-state index in [2.05, 4.69) is 5.32 Å². The Morgan fingerprint density at radius 3 is 2.62 bits per heavy atom. The first-order chi connectivity index (χ1) is 10.3. The predicted octanol–water partition coefficient (Wildman–Crippen LogP) is 4.33. The molecule has 1 N–H and O–H groups in total. The number of benzene rings is 2. The fourth-order valence-electron chi connectivity index (χ4n) is 2.10. The van der Waals surface area contributed by atoms with Gasteiger partial charge in [-0.15, -0.1) is 0 Å². The van der Waals surface area contributed by atoms with E-state index >= 15 is 0 Å². The maximum Gasteiger partial charge on any atom is 0.202 e. The van der Waals surface area contributed by atoms with E-state index in [9.17, 15) is 4.79 Å². The minimum absolute atomic E-state index is 0.0778. The van der Waals surface area contributed by atoms with Crippen LogP contribution in [0.2, 0.25) is 0 Å². The number of rotatable bonds is 4. The predicted molar refractivity (Wildman–Crippen MR) is 85.9 cm³/mol. The number of anilines is 1. The molecule has 3 rings (SSSR count). The Kier molecular flexibility index (Phi) is 3.97. The Balaban J connectivity index is 1.71. The molecule has 0 atom stereocenters. The Hall–Kier alpha value is -2.20. The first kappa shape index (κ1) is 13.8. The molecule has 0 aromatic heterocycles. The number of hydrogen-bond acceptors (Lipinski definition) is 4. The number of hydrogen-bond donors (Lipinski definition) is 1. The lowest BCUT2D eigenvalue weighted by molar-refractivity contribution is 0.104. The van der Waals surface area contributed by atoms with E-state index in [4.69, 9.17) is 4.74 Å². The first-order valence-corrected chi connectivity index (χ1v) is 7.60. The van der Waals surface area contributed by atoms with Crippen LogP contribution in [0.4, 0.5) is 5.69 Å². The number of ketones is 1. The zero-order valence-electron chi connectivity index (χ0n) is 11.6. The molecule has 3 nitrogen and oxygen atoms in total. The number of thioether (sulfide) groups is 1. The van der Waals surface area contributed by atoms with E-state index in [0.29, 0.717) is 11.5 Å². The molecule has 0 bridgehead atoms. The molecule has 0 spiro atoms. The molecular weight excluding hydrogens is 282 g/mol. The molecule has 0 unspecified atom stereocenters. The molecule has 2 aromatic rings. The van der Waals surface area contributed by atoms with Crippen LogP contribution < -0.4 is 10.1 Å². The van der Waals surface area contributed by atoms with Crippen molar-refractivity contribution in [3.8, 4) is 5.75 Å². The SMILES string of the molecule is CCOc1ccc(NC=C2Sc3ccccc3C2=O)cc1. The average molecular weight is 297 g/mol. The van der Waals surface area contributed by atoms with Crippen molar-refractivity contribution in [1.29, 1.82) is 0 Å². The first-order valence-electron chi connectivity index (χ1n) is 6.79. The van der Waals surface area contributed by atoms with Crippen molar-refractivity contribution in [2.75, 3.05) is 11.9 Å². The molecule has 106 valence electrons. The number of nitrogens with one attached hydrogen (secondary N) is 1. The average Bonchev–Trinajstić information content (AvgIpc) is 2.84. The van der Waals surface area contributed by atoms with E-state index in [0.717, 1.165) is 21.9 Å².